The van der Waals surface area contributed by atoms with E-state index in [1.165, 1.54) is 11.3 Å². The Morgan fingerprint density at radius 1 is 1.08 bits per heavy atom. The van der Waals surface area contributed by atoms with Crippen LogP contribution in [0.25, 0.3) is 16.4 Å². The van der Waals surface area contributed by atoms with Gasteiger partial charge in [0, 0.05) is 18.0 Å². The van der Waals surface area contributed by atoms with Gasteiger partial charge in [-0.25, -0.2) is 4.98 Å². The van der Waals surface area contributed by atoms with Crippen molar-refractivity contribution in [2.45, 2.75) is 6.54 Å². The number of hydrogen-bond donors (Lipinski definition) is 1. The molecule has 0 spiro atoms. The van der Waals surface area contributed by atoms with Crippen molar-refractivity contribution in [1.29, 1.82) is 0 Å². The zero-order valence-electron chi connectivity index (χ0n) is 13.3. The minimum Gasteiger partial charge on any atom is -0.467 e. The van der Waals surface area contributed by atoms with E-state index in [9.17, 15) is 4.79 Å². The van der Waals surface area contributed by atoms with Crippen molar-refractivity contribution in [3.63, 3.8) is 0 Å². The van der Waals surface area contributed by atoms with Crippen LogP contribution in [0.3, 0.4) is 0 Å². The SMILES string of the molecule is O=C(NCc1ccco1)c1sc(-n2cccc2)nc1-c1ccccc1. The fourth-order valence-electron chi connectivity index (χ4n) is 2.49. The van der Waals surface area contributed by atoms with Crippen LogP contribution in [-0.4, -0.2) is 15.5 Å². The number of nitrogens with one attached hydrogen (secondary N) is 1. The maximum atomic E-state index is 12.7. The number of carbonyl (C=O) groups is 1. The fraction of sp³-hybridized carbons (Fsp3) is 0.0526. The second-order valence-electron chi connectivity index (χ2n) is 5.39. The van der Waals surface area contributed by atoms with Gasteiger partial charge < -0.3 is 14.3 Å². The lowest BCUT2D eigenvalue weighted by atomic mass is 10.1. The predicted octanol–water partition coefficient (Wildman–Crippen LogP) is 4.12. The standard InChI is InChI=1S/C19H15N3O2S/c23-18(20-13-15-9-6-12-24-15)17-16(14-7-2-1-3-8-14)21-19(25-17)22-10-4-5-11-22/h1-12H,13H2,(H,20,23). The first-order chi connectivity index (χ1) is 12.3. The van der Waals surface area contributed by atoms with Crippen LogP contribution in [0.1, 0.15) is 15.4 Å². The number of nitrogens with zero attached hydrogens (tertiary/aromatic N) is 2. The van der Waals surface area contributed by atoms with Gasteiger partial charge in [-0.2, -0.15) is 0 Å². The molecule has 0 aliphatic carbocycles. The Hall–Kier alpha value is -3.12. The molecule has 0 radical (unpaired) electrons. The number of furan rings is 1. The van der Waals surface area contributed by atoms with Crippen LogP contribution in [0.2, 0.25) is 0 Å². The summed E-state index contributed by atoms with van der Waals surface area (Å²) in [5.74, 6) is 0.552. The summed E-state index contributed by atoms with van der Waals surface area (Å²) < 4.78 is 7.17. The minimum atomic E-state index is -0.161. The Morgan fingerprint density at radius 3 is 2.60 bits per heavy atom. The zero-order chi connectivity index (χ0) is 17.1. The number of thiazole rings is 1. The molecule has 5 nitrogen and oxygen atoms in total. The summed E-state index contributed by atoms with van der Waals surface area (Å²) in [6, 6.07) is 17.2. The van der Waals surface area contributed by atoms with E-state index in [4.69, 9.17) is 4.42 Å². The van der Waals surface area contributed by atoms with Crippen molar-refractivity contribution < 1.29 is 9.21 Å². The summed E-state index contributed by atoms with van der Waals surface area (Å²) in [6.07, 6.45) is 5.42. The van der Waals surface area contributed by atoms with Crippen molar-refractivity contribution in [2.75, 3.05) is 0 Å². The second kappa shape index (κ2) is 6.78. The molecule has 0 aliphatic rings. The Kier molecular flexibility index (Phi) is 4.18. The van der Waals surface area contributed by atoms with Gasteiger partial charge in [-0.15, -0.1) is 0 Å². The molecule has 0 bridgehead atoms. The van der Waals surface area contributed by atoms with Gasteiger partial charge >= 0.3 is 0 Å². The average Bonchev–Trinajstić information content (AvgIpc) is 3.41. The normalized spacial score (nSPS) is 10.7. The van der Waals surface area contributed by atoms with Crippen molar-refractivity contribution in [1.82, 2.24) is 14.9 Å². The summed E-state index contributed by atoms with van der Waals surface area (Å²) >= 11 is 1.37. The molecule has 1 amide bonds. The Bertz CT molecular complexity index is 958. The number of aromatic nitrogens is 2. The molecule has 0 atom stereocenters. The van der Waals surface area contributed by atoms with Crippen LogP contribution in [-0.2, 0) is 6.54 Å². The highest BCUT2D eigenvalue weighted by Crippen LogP contribution is 2.30. The van der Waals surface area contributed by atoms with E-state index < -0.39 is 0 Å². The Labute approximate surface area is 148 Å². The van der Waals surface area contributed by atoms with E-state index in [1.54, 1.807) is 12.3 Å². The summed E-state index contributed by atoms with van der Waals surface area (Å²) in [4.78, 5) is 18.0. The molecule has 0 fully saturated rings. The molecule has 4 rings (SSSR count). The molecule has 0 saturated carbocycles. The number of amides is 1. The molecule has 1 aromatic carbocycles. The lowest BCUT2D eigenvalue weighted by Crippen LogP contribution is -2.22. The molecule has 0 saturated heterocycles. The molecule has 3 heterocycles. The largest absolute Gasteiger partial charge is 0.467 e. The third kappa shape index (κ3) is 3.25. The Balaban J connectivity index is 1.68. The van der Waals surface area contributed by atoms with Crippen molar-refractivity contribution in [2.24, 2.45) is 0 Å². The van der Waals surface area contributed by atoms with Gasteiger partial charge in [0.2, 0.25) is 0 Å². The first-order valence-electron chi connectivity index (χ1n) is 7.81. The predicted molar refractivity (Wildman–Crippen MR) is 96.8 cm³/mol. The molecule has 3 aromatic heterocycles. The van der Waals surface area contributed by atoms with Crippen molar-refractivity contribution in [3.05, 3.63) is 83.9 Å². The van der Waals surface area contributed by atoms with Crippen LogP contribution in [0.5, 0.6) is 0 Å². The van der Waals surface area contributed by atoms with E-state index in [1.807, 2.05) is 65.5 Å². The first kappa shape index (κ1) is 15.4. The molecular formula is C19H15N3O2S. The minimum absolute atomic E-state index is 0.161. The zero-order valence-corrected chi connectivity index (χ0v) is 14.1. The topological polar surface area (TPSA) is 60.1 Å². The van der Waals surface area contributed by atoms with Gasteiger partial charge in [0.05, 0.1) is 18.5 Å². The molecule has 1 N–H and O–H groups in total. The van der Waals surface area contributed by atoms with Crippen molar-refractivity contribution in [3.8, 4) is 16.4 Å². The molecule has 25 heavy (non-hydrogen) atoms. The molecule has 6 heteroatoms. The van der Waals surface area contributed by atoms with E-state index in [-0.39, 0.29) is 5.91 Å². The second-order valence-corrected chi connectivity index (χ2v) is 6.37. The van der Waals surface area contributed by atoms with Crippen molar-refractivity contribution >= 4 is 17.2 Å². The summed E-state index contributed by atoms with van der Waals surface area (Å²) in [6.45, 7) is 0.344. The molecule has 124 valence electrons. The monoisotopic (exact) mass is 349 g/mol. The molecular weight excluding hydrogens is 334 g/mol. The number of rotatable bonds is 5. The van der Waals surface area contributed by atoms with Crippen LogP contribution in [0.4, 0.5) is 0 Å². The van der Waals surface area contributed by atoms with E-state index in [0.717, 1.165) is 10.7 Å². The fourth-order valence-corrected chi connectivity index (χ4v) is 3.46. The highest BCUT2D eigenvalue weighted by Gasteiger charge is 2.20. The van der Waals surface area contributed by atoms with Gasteiger partial charge in [0.25, 0.3) is 5.91 Å². The van der Waals surface area contributed by atoms with Gasteiger partial charge in [0.1, 0.15) is 10.6 Å². The average molecular weight is 349 g/mol. The number of carbonyl (C=O) groups excluding carboxylic acids is 1. The number of benzene rings is 1. The summed E-state index contributed by atoms with van der Waals surface area (Å²) in [5.41, 5.74) is 1.60. The third-order valence-corrected chi connectivity index (χ3v) is 4.77. The van der Waals surface area contributed by atoms with Crippen LogP contribution >= 0.6 is 11.3 Å². The highest BCUT2D eigenvalue weighted by atomic mass is 32.1. The van der Waals surface area contributed by atoms with Gasteiger partial charge in [-0.05, 0) is 24.3 Å². The van der Waals surface area contributed by atoms with E-state index >= 15 is 0 Å². The maximum absolute atomic E-state index is 12.7. The highest BCUT2D eigenvalue weighted by molar-refractivity contribution is 7.16. The first-order valence-corrected chi connectivity index (χ1v) is 8.63. The summed E-state index contributed by atoms with van der Waals surface area (Å²) in [5, 5.41) is 3.66. The maximum Gasteiger partial charge on any atom is 0.264 e. The molecule has 4 aromatic rings. The van der Waals surface area contributed by atoms with Gasteiger partial charge in [0.15, 0.2) is 5.13 Å². The molecule has 0 unspecified atom stereocenters. The summed E-state index contributed by atoms with van der Waals surface area (Å²) in [7, 11) is 0. The smallest absolute Gasteiger partial charge is 0.264 e. The Morgan fingerprint density at radius 2 is 1.88 bits per heavy atom. The van der Waals surface area contributed by atoms with Gasteiger partial charge in [-0.1, -0.05) is 41.7 Å². The lowest BCUT2D eigenvalue weighted by Gasteiger charge is -2.03. The number of hydrogen-bond acceptors (Lipinski definition) is 4. The van der Waals surface area contributed by atoms with E-state index in [0.29, 0.717) is 22.9 Å². The lowest BCUT2D eigenvalue weighted by molar-refractivity contribution is 0.0952. The quantitative estimate of drug-likeness (QED) is 0.589. The van der Waals surface area contributed by atoms with Gasteiger partial charge in [-0.3, -0.25) is 4.79 Å². The van der Waals surface area contributed by atoms with Crippen LogP contribution < -0.4 is 5.32 Å². The van der Waals surface area contributed by atoms with Crippen LogP contribution in [0, 0.1) is 0 Å². The van der Waals surface area contributed by atoms with E-state index in [2.05, 4.69) is 10.3 Å². The van der Waals surface area contributed by atoms with Crippen LogP contribution in [0.15, 0.2) is 77.7 Å². The molecule has 0 aliphatic heterocycles. The third-order valence-electron chi connectivity index (χ3n) is 3.70.